The Morgan fingerprint density at radius 1 is 1.32 bits per heavy atom. The molecular weight excluding hydrogens is 256 g/mol. The van der Waals surface area contributed by atoms with Gasteiger partial charge in [0.15, 0.2) is 17.7 Å². The second kappa shape index (κ2) is 4.37. The second-order valence-corrected chi connectivity index (χ2v) is 4.28. The van der Waals surface area contributed by atoms with E-state index in [1.165, 1.54) is 17.2 Å². The van der Waals surface area contributed by atoms with Crippen LogP contribution in [0.25, 0.3) is 11.2 Å². The fraction of sp³-hybridized carbons (Fsp3) is 0.500. The molecule has 0 aliphatic carbocycles. The summed E-state index contributed by atoms with van der Waals surface area (Å²) < 4.78 is 19.3. The third-order valence-corrected chi connectivity index (χ3v) is 3.15. The molecule has 2 aromatic heterocycles. The molecule has 1 aliphatic heterocycles. The van der Waals surface area contributed by atoms with Crippen LogP contribution in [0.15, 0.2) is 12.7 Å². The van der Waals surface area contributed by atoms with Gasteiger partial charge in [0.05, 0.1) is 6.33 Å². The Morgan fingerprint density at radius 3 is 2.79 bits per heavy atom. The monoisotopic (exact) mass is 268 g/mol. The minimum Gasteiger partial charge on any atom is -0.387 e. The average molecular weight is 268 g/mol. The number of fused-ring (bicyclic) bond motifs is 1. The van der Waals surface area contributed by atoms with Crippen LogP contribution >= 0.6 is 0 Å². The maximum Gasteiger partial charge on any atom is 0.167 e. The van der Waals surface area contributed by atoms with Gasteiger partial charge in [0.25, 0.3) is 0 Å². The summed E-state index contributed by atoms with van der Waals surface area (Å²) in [6, 6.07) is 0. The van der Waals surface area contributed by atoms with Gasteiger partial charge in [-0.15, -0.1) is 0 Å². The van der Waals surface area contributed by atoms with Crippen molar-refractivity contribution in [1.29, 1.82) is 0 Å². The molecule has 1 aliphatic rings. The van der Waals surface area contributed by atoms with Gasteiger partial charge < -0.3 is 20.7 Å². The van der Waals surface area contributed by atoms with Crippen LogP contribution in [0.3, 0.4) is 0 Å². The third kappa shape index (κ3) is 1.74. The van der Waals surface area contributed by atoms with E-state index in [-0.39, 0.29) is 5.82 Å². The molecule has 19 heavy (non-hydrogen) atoms. The van der Waals surface area contributed by atoms with Gasteiger partial charge in [0.2, 0.25) is 0 Å². The van der Waals surface area contributed by atoms with Crippen LogP contribution < -0.4 is 5.73 Å². The van der Waals surface area contributed by atoms with Crippen LogP contribution in [0.5, 0.6) is 0 Å². The number of hydrogen-bond acceptors (Lipinski definition) is 7. The van der Waals surface area contributed by atoms with Crippen molar-refractivity contribution in [3.05, 3.63) is 12.7 Å². The zero-order valence-corrected chi connectivity index (χ0v) is 9.72. The van der Waals surface area contributed by atoms with Gasteiger partial charge in [-0.05, 0) is 0 Å². The number of aliphatic hydroxyl groups is 2. The number of ether oxygens (including phenoxy) is 1. The number of aromatic nitrogens is 4. The number of hydrogen-bond donors (Lipinski definition) is 3. The van der Waals surface area contributed by atoms with Crippen LogP contribution in [0.4, 0.5) is 10.2 Å². The fourth-order valence-electron chi connectivity index (χ4n) is 2.14. The number of aliphatic hydroxyl groups excluding tert-OH is 2. The molecule has 3 heterocycles. The molecular formula is C10H12FN5O3. The number of halogens is 1. The summed E-state index contributed by atoms with van der Waals surface area (Å²) in [7, 11) is 0. The van der Waals surface area contributed by atoms with Crippen molar-refractivity contribution in [2.75, 3.05) is 12.4 Å². The fourth-order valence-corrected chi connectivity index (χ4v) is 2.14. The summed E-state index contributed by atoms with van der Waals surface area (Å²) in [6.45, 7) is -0.890. The SMILES string of the molecule is Nc1ncnc2c1ncn2[C@@H]1O[C@H](C[18F])[C@@H](O)[C@H]1O. The summed E-state index contributed by atoms with van der Waals surface area (Å²) in [5.41, 5.74) is 6.35. The van der Waals surface area contributed by atoms with Crippen molar-refractivity contribution in [2.45, 2.75) is 24.5 Å². The first-order valence-electron chi connectivity index (χ1n) is 5.64. The molecule has 1 saturated heterocycles. The van der Waals surface area contributed by atoms with E-state index in [1.54, 1.807) is 0 Å². The maximum atomic E-state index is 12.6. The normalized spacial score (nSPS) is 31.1. The van der Waals surface area contributed by atoms with E-state index in [9.17, 15) is 14.6 Å². The molecule has 0 amide bonds. The van der Waals surface area contributed by atoms with Gasteiger partial charge in [-0.2, -0.15) is 0 Å². The van der Waals surface area contributed by atoms with E-state index in [2.05, 4.69) is 15.0 Å². The Balaban J connectivity index is 2.04. The standard InChI is InChI=1S/C10H12FN5O3/c11-1-4-6(17)7(18)10(19-4)16-3-15-5-8(12)13-2-14-9(5)16/h2-4,6-7,10,17-18H,1H2,(H2,12,13,14)/t4-,6-,7-,10-/m1/s1/i11-1. The van der Waals surface area contributed by atoms with Crippen molar-refractivity contribution in [3.8, 4) is 0 Å². The highest BCUT2D eigenvalue weighted by Crippen LogP contribution is 2.31. The lowest BCUT2D eigenvalue weighted by atomic mass is 10.1. The molecule has 3 rings (SSSR count). The van der Waals surface area contributed by atoms with Crippen molar-refractivity contribution in [2.24, 2.45) is 0 Å². The van der Waals surface area contributed by atoms with E-state index in [0.717, 1.165) is 0 Å². The smallest absolute Gasteiger partial charge is 0.167 e. The molecule has 0 spiro atoms. The topological polar surface area (TPSA) is 119 Å². The predicted molar refractivity (Wildman–Crippen MR) is 61.6 cm³/mol. The molecule has 102 valence electrons. The minimum atomic E-state index is -1.30. The number of anilines is 1. The lowest BCUT2D eigenvalue weighted by Gasteiger charge is -2.16. The molecule has 0 aromatic carbocycles. The summed E-state index contributed by atoms with van der Waals surface area (Å²) >= 11 is 0. The van der Waals surface area contributed by atoms with Gasteiger partial charge in [-0.25, -0.2) is 19.3 Å². The van der Waals surface area contributed by atoms with Gasteiger partial charge in [-0.1, -0.05) is 0 Å². The highest BCUT2D eigenvalue weighted by molar-refractivity contribution is 5.81. The number of rotatable bonds is 2. The molecule has 1 fully saturated rings. The maximum absolute atomic E-state index is 12.6. The lowest BCUT2D eigenvalue weighted by Crippen LogP contribution is -2.32. The molecule has 0 radical (unpaired) electrons. The zero-order chi connectivity index (χ0) is 13.6. The van der Waals surface area contributed by atoms with Crippen LogP contribution in [0, 0.1) is 0 Å². The predicted octanol–water partition coefficient (Wildman–Crippen LogP) is -1.00. The Labute approximate surface area is 106 Å². The summed E-state index contributed by atoms with van der Waals surface area (Å²) in [4.78, 5) is 11.8. The van der Waals surface area contributed by atoms with E-state index in [4.69, 9.17) is 10.5 Å². The van der Waals surface area contributed by atoms with Gasteiger partial charge in [0, 0.05) is 0 Å². The first kappa shape index (κ1) is 12.2. The Morgan fingerprint density at radius 2 is 2.11 bits per heavy atom. The molecule has 4 N–H and O–H groups in total. The Bertz CT molecular complexity index is 606. The van der Waals surface area contributed by atoms with Crippen molar-refractivity contribution < 1.29 is 19.3 Å². The highest BCUT2D eigenvalue weighted by atomic mass is 18.2. The van der Waals surface area contributed by atoms with Crippen LogP contribution in [-0.2, 0) is 4.74 Å². The van der Waals surface area contributed by atoms with E-state index in [1.807, 2.05) is 0 Å². The number of nitrogen functional groups attached to an aromatic ring is 1. The number of imidazole rings is 1. The van der Waals surface area contributed by atoms with E-state index >= 15 is 0 Å². The second-order valence-electron chi connectivity index (χ2n) is 4.28. The molecule has 0 bridgehead atoms. The summed E-state index contributed by atoms with van der Waals surface area (Å²) in [5, 5.41) is 19.5. The van der Waals surface area contributed by atoms with Crippen molar-refractivity contribution in [3.63, 3.8) is 0 Å². The average Bonchev–Trinajstić information content (AvgIpc) is 2.94. The third-order valence-electron chi connectivity index (χ3n) is 3.15. The quantitative estimate of drug-likeness (QED) is 0.638. The Hall–Kier alpha value is -1.84. The highest BCUT2D eigenvalue weighted by Gasteiger charge is 2.44. The lowest BCUT2D eigenvalue weighted by molar-refractivity contribution is -0.0409. The van der Waals surface area contributed by atoms with Crippen molar-refractivity contribution >= 4 is 17.0 Å². The number of alkyl halides is 1. The van der Waals surface area contributed by atoms with Crippen LogP contribution in [-0.4, -0.2) is 54.7 Å². The van der Waals surface area contributed by atoms with Gasteiger partial charge in [-0.3, -0.25) is 4.57 Å². The van der Waals surface area contributed by atoms with Gasteiger partial charge in [0.1, 0.15) is 36.8 Å². The zero-order valence-electron chi connectivity index (χ0n) is 9.72. The molecule has 9 heteroatoms. The first-order chi connectivity index (χ1) is 9.13. The molecule has 4 atom stereocenters. The van der Waals surface area contributed by atoms with E-state index < -0.39 is 31.2 Å². The molecule has 8 nitrogen and oxygen atoms in total. The van der Waals surface area contributed by atoms with Gasteiger partial charge >= 0.3 is 0 Å². The number of nitrogens with zero attached hydrogens (tertiary/aromatic N) is 4. The minimum absolute atomic E-state index is 0.193. The first-order valence-corrected chi connectivity index (χ1v) is 5.64. The summed E-state index contributed by atoms with van der Waals surface area (Å²) in [5.74, 6) is 0.193. The number of nitrogens with two attached hydrogens (primary N) is 1. The van der Waals surface area contributed by atoms with E-state index in [0.29, 0.717) is 11.2 Å². The molecule has 0 saturated carbocycles. The molecule has 0 unspecified atom stereocenters. The molecule has 2 aromatic rings. The van der Waals surface area contributed by atoms with Crippen LogP contribution in [0.2, 0.25) is 0 Å². The summed E-state index contributed by atoms with van der Waals surface area (Å²) in [6.07, 6.45) is -2.00. The van der Waals surface area contributed by atoms with Crippen molar-refractivity contribution in [1.82, 2.24) is 19.5 Å². The van der Waals surface area contributed by atoms with Crippen LogP contribution in [0.1, 0.15) is 6.23 Å². The largest absolute Gasteiger partial charge is 0.387 e. The Kier molecular flexibility index (Phi) is 2.81.